The number of carbonyl (C=O) groups is 2. The molecule has 3 N–H and O–H groups in total. The highest BCUT2D eigenvalue weighted by Gasteiger charge is 2.20. The number of benzene rings is 3. The number of anilines is 2. The minimum atomic E-state index is -3.58. The summed E-state index contributed by atoms with van der Waals surface area (Å²) in [6, 6.07) is 19.4. The standard InChI is InChI=1S/C27H36N4O3S.C4H4O4/c1-29(2)24-13-8-11-23-22(24)10-9-15-27(23)35(32,33)28-16-6-7-17-30-18-20-31(21-19-30)25-12-4-5-14-26(25)34-3;5-3(6)1-2-4(7)8/h4-5,8-15,28H,6-7,16-21H2,1-3H3;1-2H,(H,5,6)(H,7,8)/b;2-1+. The monoisotopic (exact) mass is 612 g/mol. The molecule has 11 nitrogen and oxygen atoms in total. The largest absolute Gasteiger partial charge is 0.495 e. The average Bonchev–Trinajstić information content (AvgIpc) is 2.99. The summed E-state index contributed by atoms with van der Waals surface area (Å²) in [4.78, 5) is 26.3. The zero-order chi connectivity index (χ0) is 31.4. The Morgan fingerprint density at radius 3 is 2.14 bits per heavy atom. The van der Waals surface area contributed by atoms with Gasteiger partial charge in [-0.1, -0.05) is 36.4 Å². The molecule has 1 heterocycles. The maximum atomic E-state index is 13.1. The molecule has 0 spiro atoms. The number of hydrogen-bond donors (Lipinski definition) is 3. The van der Waals surface area contributed by atoms with E-state index in [0.29, 0.717) is 23.6 Å². The number of para-hydroxylation sites is 2. The summed E-state index contributed by atoms with van der Waals surface area (Å²) in [6.07, 6.45) is 2.88. The third kappa shape index (κ3) is 9.70. The fraction of sp³-hybridized carbons (Fsp3) is 0.355. The van der Waals surface area contributed by atoms with Crippen LogP contribution in [0.4, 0.5) is 11.4 Å². The number of ether oxygens (including phenoxy) is 1. The second-order valence-corrected chi connectivity index (χ2v) is 11.9. The van der Waals surface area contributed by atoms with Crippen molar-refractivity contribution in [2.75, 3.05) is 70.3 Å². The van der Waals surface area contributed by atoms with Gasteiger partial charge in [-0.2, -0.15) is 0 Å². The molecule has 0 unspecified atom stereocenters. The van der Waals surface area contributed by atoms with Crippen molar-refractivity contribution in [3.63, 3.8) is 0 Å². The molecule has 1 aliphatic rings. The molecule has 1 aliphatic heterocycles. The van der Waals surface area contributed by atoms with Crippen LogP contribution in [0.3, 0.4) is 0 Å². The van der Waals surface area contributed by atoms with Crippen LogP contribution in [0.1, 0.15) is 12.8 Å². The maximum Gasteiger partial charge on any atom is 0.328 e. The molecule has 232 valence electrons. The molecule has 3 aromatic rings. The van der Waals surface area contributed by atoms with E-state index in [1.54, 1.807) is 13.2 Å². The Kier molecular flexibility index (Phi) is 12.4. The third-order valence-corrected chi connectivity index (χ3v) is 8.51. The number of hydrogen-bond acceptors (Lipinski definition) is 8. The highest BCUT2D eigenvalue weighted by atomic mass is 32.2. The number of carboxylic acids is 2. The molecule has 0 radical (unpaired) electrons. The van der Waals surface area contributed by atoms with Crippen LogP contribution in [0.15, 0.2) is 77.7 Å². The van der Waals surface area contributed by atoms with Crippen LogP contribution >= 0.6 is 0 Å². The second kappa shape index (κ2) is 15.9. The van der Waals surface area contributed by atoms with Crippen LogP contribution in [-0.2, 0) is 19.6 Å². The van der Waals surface area contributed by atoms with Gasteiger partial charge < -0.3 is 24.7 Å². The number of carboxylic acid groups (broad SMARTS) is 2. The number of piperazine rings is 1. The van der Waals surface area contributed by atoms with Crippen molar-refractivity contribution in [3.8, 4) is 5.75 Å². The minimum Gasteiger partial charge on any atom is -0.495 e. The van der Waals surface area contributed by atoms with Gasteiger partial charge in [0.25, 0.3) is 0 Å². The fourth-order valence-electron chi connectivity index (χ4n) is 4.88. The summed E-state index contributed by atoms with van der Waals surface area (Å²) in [5.74, 6) is -1.60. The van der Waals surface area contributed by atoms with Gasteiger partial charge >= 0.3 is 11.9 Å². The zero-order valence-electron chi connectivity index (χ0n) is 24.8. The first kappa shape index (κ1) is 33.4. The molecule has 3 aromatic carbocycles. The number of nitrogens with one attached hydrogen (secondary N) is 1. The van der Waals surface area contributed by atoms with E-state index in [9.17, 15) is 18.0 Å². The summed E-state index contributed by atoms with van der Waals surface area (Å²) in [6.45, 7) is 5.32. The third-order valence-electron chi connectivity index (χ3n) is 6.99. The number of sulfonamides is 1. The number of unbranched alkanes of at least 4 members (excludes halogenated alkanes) is 1. The molecular formula is C31H40N4O7S. The summed E-state index contributed by atoms with van der Waals surface area (Å²) in [5.41, 5.74) is 2.15. The molecule has 0 saturated carbocycles. The fourth-order valence-corrected chi connectivity index (χ4v) is 6.17. The summed E-state index contributed by atoms with van der Waals surface area (Å²) >= 11 is 0. The van der Waals surface area contributed by atoms with Gasteiger partial charge in [0.1, 0.15) is 5.75 Å². The van der Waals surface area contributed by atoms with Gasteiger partial charge in [0, 0.05) is 75.4 Å². The highest BCUT2D eigenvalue weighted by Crippen LogP contribution is 2.30. The van der Waals surface area contributed by atoms with Crippen LogP contribution in [-0.4, -0.2) is 95.9 Å². The van der Waals surface area contributed by atoms with Crippen LogP contribution in [0.25, 0.3) is 10.8 Å². The Labute approximate surface area is 253 Å². The van der Waals surface area contributed by atoms with Gasteiger partial charge in [0.05, 0.1) is 17.7 Å². The first-order chi connectivity index (χ1) is 20.5. The van der Waals surface area contributed by atoms with Gasteiger partial charge in [-0.05, 0) is 43.7 Å². The molecule has 0 bridgehead atoms. The van der Waals surface area contributed by atoms with Crippen molar-refractivity contribution < 1.29 is 33.0 Å². The zero-order valence-corrected chi connectivity index (χ0v) is 25.6. The molecule has 1 fully saturated rings. The van der Waals surface area contributed by atoms with E-state index in [1.165, 1.54) is 0 Å². The number of methoxy groups -OCH3 is 1. The molecule has 0 atom stereocenters. The highest BCUT2D eigenvalue weighted by molar-refractivity contribution is 7.89. The first-order valence-electron chi connectivity index (χ1n) is 14.0. The SMILES string of the molecule is COc1ccccc1N1CCN(CCCCNS(=O)(=O)c2cccc3c(N(C)C)cccc23)CC1.O=C(O)/C=C/C(=O)O. The van der Waals surface area contributed by atoms with Crippen molar-refractivity contribution >= 4 is 44.1 Å². The topological polar surface area (TPSA) is 140 Å². The Bertz CT molecular complexity index is 1500. The summed E-state index contributed by atoms with van der Waals surface area (Å²) in [5, 5.41) is 17.3. The van der Waals surface area contributed by atoms with Gasteiger partial charge in [-0.3, -0.25) is 4.90 Å². The van der Waals surface area contributed by atoms with Crippen molar-refractivity contribution in [1.82, 2.24) is 9.62 Å². The van der Waals surface area contributed by atoms with Gasteiger partial charge in [-0.25, -0.2) is 22.7 Å². The predicted molar refractivity (Wildman–Crippen MR) is 169 cm³/mol. The second-order valence-electron chi connectivity index (χ2n) is 10.1. The number of fused-ring (bicyclic) bond motifs is 1. The molecule has 0 amide bonds. The van der Waals surface area contributed by atoms with Crippen LogP contribution in [0, 0.1) is 0 Å². The van der Waals surface area contributed by atoms with E-state index in [-0.39, 0.29) is 0 Å². The van der Waals surface area contributed by atoms with Crippen molar-refractivity contribution in [3.05, 3.63) is 72.8 Å². The molecule has 0 aliphatic carbocycles. The quantitative estimate of drug-likeness (QED) is 0.206. The lowest BCUT2D eigenvalue weighted by atomic mass is 10.1. The first-order valence-corrected chi connectivity index (χ1v) is 15.4. The van der Waals surface area contributed by atoms with E-state index in [4.69, 9.17) is 14.9 Å². The van der Waals surface area contributed by atoms with Crippen molar-refractivity contribution in [1.29, 1.82) is 0 Å². The lowest BCUT2D eigenvalue weighted by Crippen LogP contribution is -2.46. The molecule has 43 heavy (non-hydrogen) atoms. The predicted octanol–water partition coefficient (Wildman–Crippen LogP) is 3.51. The van der Waals surface area contributed by atoms with E-state index < -0.39 is 22.0 Å². The summed E-state index contributed by atoms with van der Waals surface area (Å²) < 4.78 is 34.4. The molecule has 12 heteroatoms. The van der Waals surface area contributed by atoms with E-state index in [1.807, 2.05) is 67.5 Å². The number of aliphatic carboxylic acids is 2. The Morgan fingerprint density at radius 2 is 1.51 bits per heavy atom. The van der Waals surface area contributed by atoms with Crippen LogP contribution in [0.5, 0.6) is 5.75 Å². The van der Waals surface area contributed by atoms with E-state index in [2.05, 4.69) is 20.6 Å². The van der Waals surface area contributed by atoms with E-state index >= 15 is 0 Å². The van der Waals surface area contributed by atoms with Gasteiger partial charge in [0.2, 0.25) is 10.0 Å². The summed E-state index contributed by atoms with van der Waals surface area (Å²) in [7, 11) is 2.06. The Hall–Kier alpha value is -4.13. The van der Waals surface area contributed by atoms with Gasteiger partial charge in [-0.15, -0.1) is 0 Å². The van der Waals surface area contributed by atoms with Crippen LogP contribution < -0.4 is 19.3 Å². The molecular weight excluding hydrogens is 572 g/mol. The van der Waals surface area contributed by atoms with Gasteiger partial charge in [0.15, 0.2) is 0 Å². The Morgan fingerprint density at radius 1 is 0.884 bits per heavy atom. The number of nitrogens with zero attached hydrogens (tertiary/aromatic N) is 3. The molecule has 1 saturated heterocycles. The smallest absolute Gasteiger partial charge is 0.328 e. The maximum absolute atomic E-state index is 13.1. The molecule has 4 rings (SSSR count). The van der Waals surface area contributed by atoms with E-state index in [0.717, 1.165) is 73.5 Å². The Balaban J connectivity index is 0.000000557. The lowest BCUT2D eigenvalue weighted by molar-refractivity contribution is -0.134. The number of rotatable bonds is 12. The lowest BCUT2D eigenvalue weighted by Gasteiger charge is -2.36. The van der Waals surface area contributed by atoms with Crippen molar-refractivity contribution in [2.45, 2.75) is 17.7 Å². The van der Waals surface area contributed by atoms with Crippen LogP contribution in [0.2, 0.25) is 0 Å². The molecule has 0 aromatic heterocycles. The van der Waals surface area contributed by atoms with Crippen molar-refractivity contribution in [2.24, 2.45) is 0 Å². The minimum absolute atomic E-state index is 0.339. The normalized spacial score (nSPS) is 13.9. The average molecular weight is 613 g/mol.